The van der Waals surface area contributed by atoms with Crippen LogP contribution in [-0.2, 0) is 6.42 Å². The number of benzene rings is 2. The predicted octanol–water partition coefficient (Wildman–Crippen LogP) is 3.49. The summed E-state index contributed by atoms with van der Waals surface area (Å²) in [5, 5.41) is 0.618. The quantitative estimate of drug-likeness (QED) is 0.708. The summed E-state index contributed by atoms with van der Waals surface area (Å²) >= 11 is 0. The molecule has 0 aromatic heterocycles. The number of aryl methyl sites for hydroxylation is 1. The topological polar surface area (TPSA) is 17.1 Å². The van der Waals surface area contributed by atoms with E-state index >= 15 is 0 Å². The maximum atomic E-state index is 13.6. The van der Waals surface area contributed by atoms with E-state index in [0.717, 1.165) is 11.6 Å². The van der Waals surface area contributed by atoms with Crippen molar-refractivity contribution in [3.63, 3.8) is 0 Å². The minimum atomic E-state index is -0.688. The van der Waals surface area contributed by atoms with E-state index in [9.17, 15) is 13.6 Å². The molecule has 0 saturated heterocycles. The zero-order chi connectivity index (χ0) is 11.7. The van der Waals surface area contributed by atoms with Gasteiger partial charge in [0.2, 0.25) is 0 Å². The van der Waals surface area contributed by atoms with E-state index < -0.39 is 11.6 Å². The molecule has 2 aromatic carbocycles. The Morgan fingerprint density at radius 3 is 2.62 bits per heavy atom. The van der Waals surface area contributed by atoms with Gasteiger partial charge in [-0.25, -0.2) is 8.78 Å². The Bertz CT molecular complexity index is 561. The molecule has 0 saturated carbocycles. The van der Waals surface area contributed by atoms with Gasteiger partial charge in [-0.3, -0.25) is 4.79 Å². The third-order valence-corrected chi connectivity index (χ3v) is 2.66. The molecule has 0 fully saturated rings. The molecule has 0 radical (unpaired) electrons. The van der Waals surface area contributed by atoms with E-state index in [2.05, 4.69) is 0 Å². The van der Waals surface area contributed by atoms with Gasteiger partial charge in [-0.1, -0.05) is 19.1 Å². The number of carbonyl (C=O) groups excluding carboxylic acids is 1. The summed E-state index contributed by atoms with van der Waals surface area (Å²) in [6, 6.07) is 5.39. The molecule has 2 aromatic rings. The van der Waals surface area contributed by atoms with Gasteiger partial charge in [0.25, 0.3) is 0 Å². The highest BCUT2D eigenvalue weighted by atomic mass is 19.1. The molecule has 0 aliphatic rings. The minimum absolute atomic E-state index is 0.204. The third kappa shape index (κ3) is 1.58. The summed E-state index contributed by atoms with van der Waals surface area (Å²) in [7, 11) is 0. The van der Waals surface area contributed by atoms with Crippen LogP contribution in [-0.4, -0.2) is 6.29 Å². The van der Waals surface area contributed by atoms with Crippen molar-refractivity contribution in [2.24, 2.45) is 0 Å². The molecule has 0 atom stereocenters. The van der Waals surface area contributed by atoms with Crippen LogP contribution in [0, 0.1) is 11.6 Å². The van der Waals surface area contributed by atoms with Gasteiger partial charge in [-0.2, -0.15) is 0 Å². The van der Waals surface area contributed by atoms with Crippen LogP contribution in [0.2, 0.25) is 0 Å². The first kappa shape index (κ1) is 10.7. The molecular formula is C13H10F2O. The molecule has 0 spiro atoms. The first-order valence-corrected chi connectivity index (χ1v) is 5.03. The highest BCUT2D eigenvalue weighted by Gasteiger charge is 2.11. The van der Waals surface area contributed by atoms with Gasteiger partial charge in [0.05, 0.1) is 0 Å². The highest BCUT2D eigenvalue weighted by Crippen LogP contribution is 2.25. The first-order valence-electron chi connectivity index (χ1n) is 5.03. The molecule has 0 aliphatic carbocycles. The zero-order valence-electron chi connectivity index (χ0n) is 8.76. The highest BCUT2D eigenvalue weighted by molar-refractivity contribution is 5.99. The number of hydrogen-bond acceptors (Lipinski definition) is 1. The summed E-state index contributed by atoms with van der Waals surface area (Å²) in [4.78, 5) is 11.0. The van der Waals surface area contributed by atoms with E-state index in [1.54, 1.807) is 12.1 Å². The van der Waals surface area contributed by atoms with Crippen LogP contribution in [0.4, 0.5) is 8.78 Å². The lowest BCUT2D eigenvalue weighted by molar-refractivity contribution is 0.112. The summed E-state index contributed by atoms with van der Waals surface area (Å²) in [5.74, 6) is -1.32. The summed E-state index contributed by atoms with van der Waals surface area (Å²) in [6.07, 6.45) is 1.27. The van der Waals surface area contributed by atoms with E-state index in [1.807, 2.05) is 6.92 Å². The molecule has 0 N–H and O–H groups in total. The Kier molecular flexibility index (Phi) is 2.69. The fourth-order valence-electron chi connectivity index (χ4n) is 1.89. The lowest BCUT2D eigenvalue weighted by Gasteiger charge is -2.07. The molecule has 0 bridgehead atoms. The van der Waals surface area contributed by atoms with Crippen molar-refractivity contribution in [2.75, 3.05) is 0 Å². The van der Waals surface area contributed by atoms with Crippen LogP contribution >= 0.6 is 0 Å². The lowest BCUT2D eigenvalue weighted by Crippen LogP contribution is -1.95. The predicted molar refractivity (Wildman–Crippen MR) is 58.6 cm³/mol. The van der Waals surface area contributed by atoms with Crippen molar-refractivity contribution in [1.29, 1.82) is 0 Å². The van der Waals surface area contributed by atoms with Crippen LogP contribution in [0.5, 0.6) is 0 Å². The Balaban J connectivity index is 2.91. The smallest absolute Gasteiger partial charge is 0.151 e. The maximum absolute atomic E-state index is 13.6. The second kappa shape index (κ2) is 4.00. The molecule has 1 nitrogen and oxygen atoms in total. The van der Waals surface area contributed by atoms with Crippen LogP contribution in [0.15, 0.2) is 24.3 Å². The Labute approximate surface area is 91.7 Å². The van der Waals surface area contributed by atoms with Crippen LogP contribution in [0.25, 0.3) is 10.8 Å². The summed E-state index contributed by atoms with van der Waals surface area (Å²) in [5.41, 5.74) is 1.09. The Hall–Kier alpha value is -1.77. The van der Waals surface area contributed by atoms with E-state index in [4.69, 9.17) is 0 Å². The Morgan fingerprint density at radius 1 is 1.25 bits per heavy atom. The van der Waals surface area contributed by atoms with Gasteiger partial charge in [-0.05, 0) is 23.4 Å². The molecule has 3 heteroatoms. The number of aldehydes is 1. The van der Waals surface area contributed by atoms with Gasteiger partial charge in [0, 0.05) is 17.0 Å². The number of rotatable bonds is 2. The van der Waals surface area contributed by atoms with Crippen molar-refractivity contribution in [2.45, 2.75) is 13.3 Å². The van der Waals surface area contributed by atoms with E-state index in [0.29, 0.717) is 23.7 Å². The average molecular weight is 220 g/mol. The van der Waals surface area contributed by atoms with E-state index in [1.165, 1.54) is 6.07 Å². The number of hydrogen-bond donors (Lipinski definition) is 0. The molecule has 0 amide bonds. The molecular weight excluding hydrogens is 210 g/mol. The summed E-state index contributed by atoms with van der Waals surface area (Å²) < 4.78 is 26.6. The second-order valence-corrected chi connectivity index (χ2v) is 3.60. The molecule has 0 unspecified atom stereocenters. The maximum Gasteiger partial charge on any atom is 0.151 e. The van der Waals surface area contributed by atoms with Gasteiger partial charge in [0.1, 0.15) is 11.6 Å². The fourth-order valence-corrected chi connectivity index (χ4v) is 1.89. The summed E-state index contributed by atoms with van der Waals surface area (Å²) in [6.45, 7) is 1.88. The van der Waals surface area contributed by atoms with Crippen molar-refractivity contribution in [3.8, 4) is 0 Å². The SMILES string of the molecule is CCc1ccc2cc(F)cc(F)c2c1C=O. The fraction of sp³-hybridized carbons (Fsp3) is 0.154. The van der Waals surface area contributed by atoms with Crippen molar-refractivity contribution in [1.82, 2.24) is 0 Å². The second-order valence-electron chi connectivity index (χ2n) is 3.60. The van der Waals surface area contributed by atoms with Crippen molar-refractivity contribution >= 4 is 17.1 Å². The van der Waals surface area contributed by atoms with E-state index in [-0.39, 0.29) is 5.39 Å². The molecule has 82 valence electrons. The number of fused-ring (bicyclic) bond motifs is 1. The largest absolute Gasteiger partial charge is 0.298 e. The van der Waals surface area contributed by atoms with Crippen LogP contribution < -0.4 is 0 Å². The molecule has 0 heterocycles. The normalized spacial score (nSPS) is 10.7. The van der Waals surface area contributed by atoms with Crippen LogP contribution in [0.3, 0.4) is 0 Å². The molecule has 16 heavy (non-hydrogen) atoms. The van der Waals surface area contributed by atoms with Gasteiger partial charge in [-0.15, -0.1) is 0 Å². The van der Waals surface area contributed by atoms with Gasteiger partial charge >= 0.3 is 0 Å². The van der Waals surface area contributed by atoms with Crippen molar-refractivity contribution in [3.05, 3.63) is 47.0 Å². The van der Waals surface area contributed by atoms with Crippen molar-refractivity contribution < 1.29 is 13.6 Å². The lowest BCUT2D eigenvalue weighted by atomic mass is 9.98. The molecule has 0 aliphatic heterocycles. The van der Waals surface area contributed by atoms with Crippen LogP contribution in [0.1, 0.15) is 22.8 Å². The first-order chi connectivity index (χ1) is 7.67. The number of carbonyl (C=O) groups is 1. The average Bonchev–Trinajstić information content (AvgIpc) is 2.27. The van der Waals surface area contributed by atoms with Gasteiger partial charge in [0.15, 0.2) is 6.29 Å². The minimum Gasteiger partial charge on any atom is -0.298 e. The standard InChI is InChI=1S/C13H10F2O/c1-2-8-3-4-9-5-10(14)6-12(15)13(9)11(8)7-16/h3-7H,2H2,1H3. The number of halogens is 2. The zero-order valence-corrected chi connectivity index (χ0v) is 8.76. The third-order valence-electron chi connectivity index (χ3n) is 2.66. The van der Waals surface area contributed by atoms with Gasteiger partial charge < -0.3 is 0 Å². The monoisotopic (exact) mass is 220 g/mol. The Morgan fingerprint density at radius 2 is 2.00 bits per heavy atom. The molecule has 2 rings (SSSR count).